The average molecular weight is 545 g/mol. The molecule has 0 aromatic heterocycles. The summed E-state index contributed by atoms with van der Waals surface area (Å²) in [5.41, 5.74) is -4.16. The van der Waals surface area contributed by atoms with Crippen molar-refractivity contribution in [3.8, 4) is 0 Å². The zero-order valence-corrected chi connectivity index (χ0v) is 23.4. The molecule has 0 spiro atoms. The smallest absolute Gasteiger partial charge is 0.338 e. The number of esters is 2. The van der Waals surface area contributed by atoms with Crippen LogP contribution in [0.15, 0.2) is 41.5 Å². The van der Waals surface area contributed by atoms with Gasteiger partial charge in [0.25, 0.3) is 0 Å². The van der Waals surface area contributed by atoms with Gasteiger partial charge in [-0.2, -0.15) is 0 Å². The van der Waals surface area contributed by atoms with E-state index in [1.165, 1.54) is 6.92 Å². The van der Waals surface area contributed by atoms with Crippen molar-refractivity contribution in [3.05, 3.63) is 47.0 Å². The standard InChI is InChI=1S/C30H40O9/c1-15-19(32)13-29(27(4,5)36)22(15)16(2)24(34)28(6)20(33)12-21-30(14-37-21,39-17(3)31)23(28)25(29)38-26(35)18-10-8-7-9-11-18/h7-11,16,19-21,23-25,32-34,36H,12-14H2,1-6H3/t16-,19-,20-,21?,23-,24-,25-,28+,29-,30-/m0/s1. The molecule has 1 aromatic carbocycles. The highest BCUT2D eigenvalue weighted by molar-refractivity contribution is 5.89. The minimum atomic E-state index is -1.57. The van der Waals surface area contributed by atoms with Crippen LogP contribution in [-0.4, -0.2) is 80.7 Å². The van der Waals surface area contributed by atoms with Crippen LogP contribution in [0.2, 0.25) is 0 Å². The molecule has 1 saturated heterocycles. The molecular formula is C30H40O9. The van der Waals surface area contributed by atoms with Crippen molar-refractivity contribution < 1.29 is 44.2 Å². The Hall–Kier alpha value is -2.30. The second kappa shape index (κ2) is 9.11. The van der Waals surface area contributed by atoms with Gasteiger partial charge in [0.15, 0.2) is 5.60 Å². The first-order valence-electron chi connectivity index (χ1n) is 13.7. The topological polar surface area (TPSA) is 143 Å². The minimum absolute atomic E-state index is 0.0197. The van der Waals surface area contributed by atoms with Gasteiger partial charge in [0.1, 0.15) is 12.2 Å². The van der Waals surface area contributed by atoms with Crippen molar-refractivity contribution in [3.63, 3.8) is 0 Å². The molecule has 9 heteroatoms. The molecule has 3 fully saturated rings. The van der Waals surface area contributed by atoms with E-state index in [2.05, 4.69) is 0 Å². The van der Waals surface area contributed by atoms with Gasteiger partial charge in [0.05, 0.1) is 47.4 Å². The van der Waals surface area contributed by atoms with Crippen molar-refractivity contribution >= 4 is 11.9 Å². The van der Waals surface area contributed by atoms with Gasteiger partial charge in [-0.3, -0.25) is 4.79 Å². The first kappa shape index (κ1) is 28.2. The number of carbonyl (C=O) groups excluding carboxylic acids is 2. The average Bonchev–Trinajstić information content (AvgIpc) is 3.11. The highest BCUT2D eigenvalue weighted by atomic mass is 16.6. The van der Waals surface area contributed by atoms with E-state index in [9.17, 15) is 30.0 Å². The van der Waals surface area contributed by atoms with Crippen molar-refractivity contribution in [2.24, 2.45) is 22.7 Å². The summed E-state index contributed by atoms with van der Waals surface area (Å²) in [6.45, 7) is 9.78. The molecule has 0 radical (unpaired) electrons. The number of ether oxygens (including phenoxy) is 3. The summed E-state index contributed by atoms with van der Waals surface area (Å²) in [6.07, 6.45) is -5.04. The lowest BCUT2D eigenvalue weighted by atomic mass is 9.49. The molecule has 5 rings (SSSR count). The first-order chi connectivity index (χ1) is 18.1. The van der Waals surface area contributed by atoms with E-state index in [0.29, 0.717) is 11.1 Å². The molecule has 3 aliphatic carbocycles. The number of benzene rings is 1. The predicted molar refractivity (Wildman–Crippen MR) is 139 cm³/mol. The SMILES string of the molecule is CC(=O)O[C@@]12COC1C[C@H](O)[C@@]1(C)[C@@H](O)[C@@H](C)C3=C(C)[C@@H](O)C[C@@]3(C(C)(C)O)[C@@H](OC(=O)c3ccccc3)[C@@H]12. The van der Waals surface area contributed by atoms with Gasteiger partial charge < -0.3 is 34.6 Å². The third-order valence-corrected chi connectivity index (χ3v) is 10.4. The molecule has 1 heterocycles. The molecule has 9 nitrogen and oxygen atoms in total. The fourth-order valence-electron chi connectivity index (χ4n) is 8.47. The zero-order chi connectivity index (χ0) is 28.7. The van der Waals surface area contributed by atoms with Crippen LogP contribution in [0.1, 0.15) is 64.7 Å². The summed E-state index contributed by atoms with van der Waals surface area (Å²) in [4.78, 5) is 26.3. The number of aliphatic hydroxyl groups excluding tert-OH is 3. The van der Waals surface area contributed by atoms with Gasteiger partial charge in [-0.1, -0.05) is 37.6 Å². The van der Waals surface area contributed by atoms with Gasteiger partial charge in [-0.05, 0) is 44.9 Å². The molecule has 1 unspecified atom stereocenters. The first-order valence-corrected chi connectivity index (χ1v) is 13.7. The number of hydrogen-bond acceptors (Lipinski definition) is 9. The molecule has 10 atom stereocenters. The van der Waals surface area contributed by atoms with Crippen molar-refractivity contribution in [1.29, 1.82) is 0 Å². The third kappa shape index (κ3) is 3.70. The van der Waals surface area contributed by atoms with Crippen LogP contribution in [-0.2, 0) is 19.0 Å². The van der Waals surface area contributed by atoms with E-state index < -0.39 is 76.3 Å². The van der Waals surface area contributed by atoms with Crippen molar-refractivity contribution in [2.45, 2.75) is 96.1 Å². The minimum Gasteiger partial charge on any atom is -0.457 e. The molecule has 2 saturated carbocycles. The number of rotatable bonds is 4. The Labute approximate surface area is 228 Å². The summed E-state index contributed by atoms with van der Waals surface area (Å²) in [5, 5.41) is 46.9. The van der Waals surface area contributed by atoms with Gasteiger partial charge in [-0.15, -0.1) is 0 Å². The lowest BCUT2D eigenvalue weighted by molar-refractivity contribution is -0.350. The summed E-state index contributed by atoms with van der Waals surface area (Å²) < 4.78 is 18.3. The van der Waals surface area contributed by atoms with Crippen LogP contribution >= 0.6 is 0 Å². The van der Waals surface area contributed by atoms with Gasteiger partial charge in [-0.25, -0.2) is 4.79 Å². The number of aliphatic hydroxyl groups is 4. The van der Waals surface area contributed by atoms with E-state index in [-0.39, 0.29) is 25.0 Å². The molecule has 4 aliphatic rings. The van der Waals surface area contributed by atoms with E-state index in [4.69, 9.17) is 14.2 Å². The monoisotopic (exact) mass is 544 g/mol. The lowest BCUT2D eigenvalue weighted by Crippen LogP contribution is -2.78. The Morgan fingerprint density at radius 2 is 1.77 bits per heavy atom. The molecular weight excluding hydrogens is 504 g/mol. The van der Waals surface area contributed by atoms with E-state index >= 15 is 0 Å². The second-order valence-electron chi connectivity index (χ2n) is 12.7. The lowest BCUT2D eigenvalue weighted by Gasteiger charge is -2.65. The highest BCUT2D eigenvalue weighted by Crippen LogP contribution is 2.68. The molecule has 0 bridgehead atoms. The second-order valence-corrected chi connectivity index (χ2v) is 12.7. The third-order valence-electron chi connectivity index (χ3n) is 10.4. The Morgan fingerprint density at radius 3 is 2.31 bits per heavy atom. The highest BCUT2D eigenvalue weighted by Gasteiger charge is 2.78. The van der Waals surface area contributed by atoms with E-state index in [1.807, 2.05) is 0 Å². The van der Waals surface area contributed by atoms with Gasteiger partial charge in [0.2, 0.25) is 0 Å². The van der Waals surface area contributed by atoms with Crippen molar-refractivity contribution in [1.82, 2.24) is 0 Å². The van der Waals surface area contributed by atoms with E-state index in [1.54, 1.807) is 65.0 Å². The Morgan fingerprint density at radius 1 is 1.13 bits per heavy atom. The largest absolute Gasteiger partial charge is 0.457 e. The van der Waals surface area contributed by atoms with Crippen molar-refractivity contribution in [2.75, 3.05) is 6.61 Å². The summed E-state index contributed by atoms with van der Waals surface area (Å²) >= 11 is 0. The Bertz CT molecular complexity index is 1190. The van der Waals surface area contributed by atoms with Crippen LogP contribution in [0.3, 0.4) is 0 Å². The van der Waals surface area contributed by atoms with E-state index in [0.717, 1.165) is 0 Å². The number of fused-ring (bicyclic) bond motifs is 4. The molecule has 0 amide bonds. The summed E-state index contributed by atoms with van der Waals surface area (Å²) in [6, 6.07) is 8.42. The maximum Gasteiger partial charge on any atom is 0.338 e. The normalized spacial score (nSPS) is 43.4. The quantitative estimate of drug-likeness (QED) is 0.331. The number of carbonyl (C=O) groups is 2. The van der Waals surface area contributed by atoms with Crippen LogP contribution in [0.5, 0.6) is 0 Å². The molecule has 39 heavy (non-hydrogen) atoms. The maximum atomic E-state index is 13.8. The van der Waals surface area contributed by atoms with Crippen LogP contribution in [0.4, 0.5) is 0 Å². The maximum absolute atomic E-state index is 13.8. The number of hydrogen-bond donors (Lipinski definition) is 4. The fourth-order valence-corrected chi connectivity index (χ4v) is 8.47. The Kier molecular flexibility index (Phi) is 6.59. The van der Waals surface area contributed by atoms with Crippen LogP contribution in [0, 0.1) is 22.7 Å². The summed E-state index contributed by atoms with van der Waals surface area (Å²) in [5.74, 6) is -2.85. The predicted octanol–water partition coefficient (Wildman–Crippen LogP) is 2.15. The molecule has 214 valence electrons. The van der Waals surface area contributed by atoms with Crippen LogP contribution < -0.4 is 0 Å². The fraction of sp³-hybridized carbons (Fsp3) is 0.667. The Balaban J connectivity index is 1.83. The van der Waals surface area contributed by atoms with Gasteiger partial charge >= 0.3 is 11.9 Å². The summed E-state index contributed by atoms with van der Waals surface area (Å²) in [7, 11) is 0. The zero-order valence-electron chi connectivity index (χ0n) is 23.4. The molecule has 4 N–H and O–H groups in total. The molecule has 1 aliphatic heterocycles. The van der Waals surface area contributed by atoms with Crippen LogP contribution in [0.25, 0.3) is 0 Å². The molecule has 1 aromatic rings. The van der Waals surface area contributed by atoms with Gasteiger partial charge in [0, 0.05) is 24.7 Å².